The van der Waals surface area contributed by atoms with Crippen molar-refractivity contribution < 1.29 is 14.3 Å². The van der Waals surface area contributed by atoms with Gasteiger partial charge < -0.3 is 15.0 Å². The number of rotatable bonds is 3. The summed E-state index contributed by atoms with van der Waals surface area (Å²) in [6, 6.07) is 0.237. The summed E-state index contributed by atoms with van der Waals surface area (Å²) in [6.07, 6.45) is 3.35. The summed E-state index contributed by atoms with van der Waals surface area (Å²) in [5, 5.41) is 3.06. The van der Waals surface area contributed by atoms with Crippen molar-refractivity contribution in [3.63, 3.8) is 0 Å². The van der Waals surface area contributed by atoms with Crippen LogP contribution in [0.1, 0.15) is 33.1 Å². The highest BCUT2D eigenvalue weighted by atomic mass is 16.5. The van der Waals surface area contributed by atoms with E-state index in [2.05, 4.69) is 19.2 Å². The van der Waals surface area contributed by atoms with Crippen LogP contribution < -0.4 is 5.32 Å². The molecule has 1 saturated heterocycles. The number of hydrogen-bond donors (Lipinski definition) is 1. The molecule has 2 rings (SSSR count). The number of hydrogen-bond acceptors (Lipinski definition) is 3. The zero-order chi connectivity index (χ0) is 13.2. The van der Waals surface area contributed by atoms with Crippen LogP contribution >= 0.6 is 0 Å². The standard InChI is InChI=1S/C13H22N2O3/c1-13(2)5-3-4-10(13)14-11(16)8-15-6-7-18-9-12(15)17/h10H,3-9H2,1-2H3,(H,14,16)/t10-/m0/s1. The first-order valence-electron chi connectivity index (χ1n) is 6.64. The monoisotopic (exact) mass is 254 g/mol. The molecule has 18 heavy (non-hydrogen) atoms. The normalized spacial score (nSPS) is 27.3. The second-order valence-corrected chi connectivity index (χ2v) is 5.87. The molecule has 1 N–H and O–H groups in total. The van der Waals surface area contributed by atoms with Crippen molar-refractivity contribution in [3.05, 3.63) is 0 Å². The number of nitrogens with one attached hydrogen (secondary N) is 1. The lowest BCUT2D eigenvalue weighted by Gasteiger charge is -2.30. The second kappa shape index (κ2) is 5.26. The molecule has 5 nitrogen and oxygen atoms in total. The Morgan fingerprint density at radius 2 is 2.33 bits per heavy atom. The van der Waals surface area contributed by atoms with Gasteiger partial charge in [0, 0.05) is 12.6 Å². The Kier molecular flexibility index (Phi) is 3.90. The quantitative estimate of drug-likeness (QED) is 0.799. The fraction of sp³-hybridized carbons (Fsp3) is 0.846. The molecule has 5 heteroatoms. The van der Waals surface area contributed by atoms with Gasteiger partial charge in [-0.25, -0.2) is 0 Å². The van der Waals surface area contributed by atoms with E-state index < -0.39 is 0 Å². The number of morpholine rings is 1. The highest BCUT2D eigenvalue weighted by molar-refractivity contribution is 5.85. The zero-order valence-electron chi connectivity index (χ0n) is 11.2. The molecule has 2 fully saturated rings. The van der Waals surface area contributed by atoms with E-state index in [1.165, 1.54) is 0 Å². The highest BCUT2D eigenvalue weighted by Crippen LogP contribution is 2.37. The van der Waals surface area contributed by atoms with Gasteiger partial charge in [-0.15, -0.1) is 0 Å². The van der Waals surface area contributed by atoms with Gasteiger partial charge in [0.05, 0.1) is 13.2 Å². The van der Waals surface area contributed by atoms with E-state index in [-0.39, 0.29) is 36.4 Å². The number of nitrogens with zero attached hydrogens (tertiary/aromatic N) is 1. The second-order valence-electron chi connectivity index (χ2n) is 5.87. The summed E-state index contributed by atoms with van der Waals surface area (Å²) in [4.78, 5) is 25.0. The smallest absolute Gasteiger partial charge is 0.249 e. The van der Waals surface area contributed by atoms with E-state index in [1.807, 2.05) is 0 Å². The lowest BCUT2D eigenvalue weighted by Crippen LogP contribution is -2.50. The van der Waals surface area contributed by atoms with Gasteiger partial charge in [-0.2, -0.15) is 0 Å². The van der Waals surface area contributed by atoms with Gasteiger partial charge in [-0.05, 0) is 18.3 Å². The molecule has 1 aliphatic carbocycles. The fourth-order valence-corrected chi connectivity index (χ4v) is 2.73. The minimum atomic E-state index is -0.0953. The van der Waals surface area contributed by atoms with E-state index in [1.54, 1.807) is 4.90 Å². The summed E-state index contributed by atoms with van der Waals surface area (Å²) in [5.41, 5.74) is 0.171. The Morgan fingerprint density at radius 1 is 1.56 bits per heavy atom. The van der Waals surface area contributed by atoms with Crippen LogP contribution in [0, 0.1) is 5.41 Å². The molecule has 0 bridgehead atoms. The molecule has 0 aromatic heterocycles. The van der Waals surface area contributed by atoms with Crippen molar-refractivity contribution >= 4 is 11.8 Å². The number of carbonyl (C=O) groups is 2. The van der Waals surface area contributed by atoms with Crippen LogP contribution in [-0.4, -0.2) is 49.1 Å². The van der Waals surface area contributed by atoms with Crippen LogP contribution in [0.5, 0.6) is 0 Å². The molecule has 2 amide bonds. The minimum absolute atomic E-state index is 0.0507. The van der Waals surface area contributed by atoms with Gasteiger partial charge >= 0.3 is 0 Å². The number of carbonyl (C=O) groups excluding carboxylic acids is 2. The van der Waals surface area contributed by atoms with E-state index in [0.29, 0.717) is 13.2 Å². The number of amides is 2. The van der Waals surface area contributed by atoms with Crippen LogP contribution in [0.3, 0.4) is 0 Å². The minimum Gasteiger partial charge on any atom is -0.370 e. The third-order valence-corrected chi connectivity index (χ3v) is 4.01. The molecule has 0 spiro atoms. The van der Waals surface area contributed by atoms with E-state index in [9.17, 15) is 9.59 Å². The molecule has 0 unspecified atom stereocenters. The maximum atomic E-state index is 12.0. The van der Waals surface area contributed by atoms with Crippen molar-refractivity contribution in [2.24, 2.45) is 5.41 Å². The molecule has 1 saturated carbocycles. The van der Waals surface area contributed by atoms with Crippen LogP contribution in [0.2, 0.25) is 0 Å². The predicted octanol–water partition coefficient (Wildman–Crippen LogP) is 0.540. The van der Waals surface area contributed by atoms with E-state index >= 15 is 0 Å². The molecule has 2 aliphatic rings. The van der Waals surface area contributed by atoms with Crippen molar-refractivity contribution in [3.8, 4) is 0 Å². The van der Waals surface area contributed by atoms with Gasteiger partial charge in [0.2, 0.25) is 11.8 Å². The topological polar surface area (TPSA) is 58.6 Å². The molecule has 102 valence electrons. The Balaban J connectivity index is 1.83. The first kappa shape index (κ1) is 13.3. The lowest BCUT2D eigenvalue weighted by atomic mass is 9.87. The molecular weight excluding hydrogens is 232 g/mol. The van der Waals surface area contributed by atoms with Crippen molar-refractivity contribution in [1.29, 1.82) is 0 Å². The summed E-state index contributed by atoms with van der Waals surface area (Å²) in [6.45, 7) is 5.67. The van der Waals surface area contributed by atoms with Gasteiger partial charge in [0.15, 0.2) is 0 Å². The predicted molar refractivity (Wildman–Crippen MR) is 67.0 cm³/mol. The van der Waals surface area contributed by atoms with Gasteiger partial charge in [0.25, 0.3) is 0 Å². The first-order chi connectivity index (χ1) is 8.49. The summed E-state index contributed by atoms with van der Waals surface area (Å²) < 4.78 is 5.04. The molecule has 1 heterocycles. The fourth-order valence-electron chi connectivity index (χ4n) is 2.73. The lowest BCUT2D eigenvalue weighted by molar-refractivity contribution is -0.146. The maximum Gasteiger partial charge on any atom is 0.249 e. The van der Waals surface area contributed by atoms with Gasteiger partial charge in [-0.1, -0.05) is 20.3 Å². The first-order valence-corrected chi connectivity index (χ1v) is 6.64. The summed E-state index contributed by atoms with van der Waals surface area (Å²) in [5.74, 6) is -0.146. The third-order valence-electron chi connectivity index (χ3n) is 4.01. The Morgan fingerprint density at radius 3 is 2.94 bits per heavy atom. The Bertz CT molecular complexity index is 341. The molecule has 1 aliphatic heterocycles. The largest absolute Gasteiger partial charge is 0.370 e. The van der Waals surface area contributed by atoms with Crippen LogP contribution in [-0.2, 0) is 14.3 Å². The summed E-state index contributed by atoms with van der Waals surface area (Å²) in [7, 11) is 0. The van der Waals surface area contributed by atoms with E-state index in [0.717, 1.165) is 19.3 Å². The average molecular weight is 254 g/mol. The molecular formula is C13H22N2O3. The Hall–Kier alpha value is -1.10. The molecule has 0 aromatic rings. The van der Waals surface area contributed by atoms with E-state index in [4.69, 9.17) is 4.74 Å². The van der Waals surface area contributed by atoms with Crippen LogP contribution in [0.25, 0.3) is 0 Å². The summed E-state index contributed by atoms with van der Waals surface area (Å²) >= 11 is 0. The third kappa shape index (κ3) is 3.02. The van der Waals surface area contributed by atoms with Crippen molar-refractivity contribution in [2.75, 3.05) is 26.3 Å². The highest BCUT2D eigenvalue weighted by Gasteiger charge is 2.35. The number of ether oxygens (including phenoxy) is 1. The van der Waals surface area contributed by atoms with Crippen LogP contribution in [0.15, 0.2) is 0 Å². The van der Waals surface area contributed by atoms with Gasteiger partial charge in [-0.3, -0.25) is 9.59 Å². The molecule has 1 atom stereocenters. The van der Waals surface area contributed by atoms with Gasteiger partial charge in [0.1, 0.15) is 6.61 Å². The van der Waals surface area contributed by atoms with Crippen LogP contribution in [0.4, 0.5) is 0 Å². The zero-order valence-corrected chi connectivity index (χ0v) is 11.2. The average Bonchev–Trinajstić information content (AvgIpc) is 2.62. The van der Waals surface area contributed by atoms with Crippen molar-refractivity contribution in [2.45, 2.75) is 39.2 Å². The van der Waals surface area contributed by atoms with Crippen molar-refractivity contribution in [1.82, 2.24) is 10.2 Å². The maximum absolute atomic E-state index is 12.0. The molecule has 0 radical (unpaired) electrons. The Labute approximate surface area is 108 Å². The molecule has 0 aromatic carbocycles. The SMILES string of the molecule is CC1(C)CCC[C@@H]1NC(=O)CN1CCOCC1=O.